The van der Waals surface area contributed by atoms with Crippen LogP contribution in [-0.4, -0.2) is 19.0 Å². The Morgan fingerprint density at radius 2 is 2.00 bits per heavy atom. The van der Waals surface area contributed by atoms with Crippen LogP contribution in [0.5, 0.6) is 0 Å². The normalized spacial score (nSPS) is 11.6. The standard InChI is InChI=1S/C12H12F2O2/c1-2-16-12(15)10(8-11(13)14)9-6-4-3-5-7-9/h3-8,11H,2H2,1H3. The van der Waals surface area contributed by atoms with Crippen LogP contribution in [0.25, 0.3) is 5.57 Å². The Morgan fingerprint density at radius 3 is 2.50 bits per heavy atom. The van der Waals surface area contributed by atoms with Gasteiger partial charge in [0.2, 0.25) is 0 Å². The minimum absolute atomic E-state index is 0.0996. The first-order valence-corrected chi connectivity index (χ1v) is 4.87. The highest BCUT2D eigenvalue weighted by atomic mass is 19.3. The fourth-order valence-corrected chi connectivity index (χ4v) is 1.23. The highest BCUT2D eigenvalue weighted by Crippen LogP contribution is 2.17. The van der Waals surface area contributed by atoms with Gasteiger partial charge in [-0.3, -0.25) is 0 Å². The van der Waals surface area contributed by atoms with Gasteiger partial charge in [-0.2, -0.15) is 0 Å². The van der Waals surface area contributed by atoms with Crippen molar-refractivity contribution in [3.8, 4) is 0 Å². The lowest BCUT2D eigenvalue weighted by Gasteiger charge is -2.06. The first-order valence-electron chi connectivity index (χ1n) is 4.87. The Balaban J connectivity index is 3.02. The lowest BCUT2D eigenvalue weighted by molar-refractivity contribution is -0.136. The Labute approximate surface area is 92.5 Å². The van der Waals surface area contributed by atoms with E-state index in [0.29, 0.717) is 11.6 Å². The lowest BCUT2D eigenvalue weighted by Crippen LogP contribution is -2.08. The van der Waals surface area contributed by atoms with Crippen molar-refractivity contribution < 1.29 is 18.3 Å². The van der Waals surface area contributed by atoms with Crippen molar-refractivity contribution in [2.75, 3.05) is 6.61 Å². The largest absolute Gasteiger partial charge is 0.462 e. The molecule has 86 valence electrons. The number of rotatable bonds is 4. The van der Waals surface area contributed by atoms with E-state index in [0.717, 1.165) is 0 Å². The second-order valence-corrected chi connectivity index (χ2v) is 3.00. The molecule has 0 unspecified atom stereocenters. The van der Waals surface area contributed by atoms with Crippen molar-refractivity contribution in [1.82, 2.24) is 0 Å². The highest BCUT2D eigenvalue weighted by molar-refractivity contribution is 6.16. The zero-order valence-electron chi connectivity index (χ0n) is 8.82. The molecule has 0 saturated carbocycles. The van der Waals surface area contributed by atoms with Gasteiger partial charge < -0.3 is 4.74 Å². The number of esters is 1. The fraction of sp³-hybridized carbons (Fsp3) is 0.250. The zero-order chi connectivity index (χ0) is 12.0. The quantitative estimate of drug-likeness (QED) is 0.583. The van der Waals surface area contributed by atoms with Crippen LogP contribution in [-0.2, 0) is 9.53 Å². The number of allylic oxidation sites excluding steroid dienone is 1. The molecule has 0 aliphatic carbocycles. The predicted molar refractivity (Wildman–Crippen MR) is 57.1 cm³/mol. The van der Waals surface area contributed by atoms with Crippen LogP contribution in [0.15, 0.2) is 36.4 Å². The smallest absolute Gasteiger partial charge is 0.338 e. The molecule has 1 rings (SSSR count). The molecular weight excluding hydrogens is 214 g/mol. The van der Waals surface area contributed by atoms with Crippen LogP contribution in [0.1, 0.15) is 12.5 Å². The molecule has 0 heterocycles. The number of ether oxygens (including phenoxy) is 1. The van der Waals surface area contributed by atoms with Gasteiger partial charge in [-0.05, 0) is 18.6 Å². The third kappa shape index (κ3) is 3.46. The number of benzene rings is 1. The van der Waals surface area contributed by atoms with E-state index in [9.17, 15) is 13.6 Å². The van der Waals surface area contributed by atoms with Crippen LogP contribution >= 0.6 is 0 Å². The lowest BCUT2D eigenvalue weighted by atomic mass is 10.1. The van der Waals surface area contributed by atoms with Gasteiger partial charge >= 0.3 is 5.97 Å². The van der Waals surface area contributed by atoms with Crippen molar-refractivity contribution >= 4 is 11.5 Å². The third-order valence-electron chi connectivity index (χ3n) is 1.87. The van der Waals surface area contributed by atoms with Gasteiger partial charge in [0.15, 0.2) is 0 Å². The average Bonchev–Trinajstić information content (AvgIpc) is 2.27. The summed E-state index contributed by atoms with van der Waals surface area (Å²) < 4.78 is 29.3. The Hall–Kier alpha value is -1.71. The summed E-state index contributed by atoms with van der Waals surface area (Å²) in [6, 6.07) is 8.27. The van der Waals surface area contributed by atoms with Gasteiger partial charge in [0.05, 0.1) is 12.2 Å². The third-order valence-corrected chi connectivity index (χ3v) is 1.87. The van der Waals surface area contributed by atoms with E-state index in [2.05, 4.69) is 0 Å². The molecule has 0 atom stereocenters. The van der Waals surface area contributed by atoms with Gasteiger partial charge in [0.1, 0.15) is 0 Å². The van der Waals surface area contributed by atoms with E-state index in [-0.39, 0.29) is 12.2 Å². The maximum absolute atomic E-state index is 12.3. The number of alkyl halides is 2. The molecule has 16 heavy (non-hydrogen) atoms. The van der Waals surface area contributed by atoms with E-state index in [1.165, 1.54) is 0 Å². The predicted octanol–water partition coefficient (Wildman–Crippen LogP) is 2.90. The van der Waals surface area contributed by atoms with Crippen LogP contribution < -0.4 is 0 Å². The molecule has 1 aromatic carbocycles. The summed E-state index contributed by atoms with van der Waals surface area (Å²) in [6.07, 6.45) is -2.08. The molecular formula is C12H12F2O2. The molecule has 0 bridgehead atoms. The molecule has 0 spiro atoms. The topological polar surface area (TPSA) is 26.3 Å². The maximum atomic E-state index is 12.3. The van der Waals surface area contributed by atoms with Crippen LogP contribution in [0.3, 0.4) is 0 Å². The summed E-state index contributed by atoms with van der Waals surface area (Å²) in [6.45, 7) is 1.79. The first kappa shape index (κ1) is 12.4. The average molecular weight is 226 g/mol. The molecule has 4 heteroatoms. The van der Waals surface area contributed by atoms with E-state index in [1.54, 1.807) is 37.3 Å². The Kier molecular flexibility index (Phi) is 4.64. The molecule has 0 amide bonds. The van der Waals surface area contributed by atoms with Crippen LogP contribution in [0.2, 0.25) is 0 Å². The minimum Gasteiger partial charge on any atom is -0.462 e. The van der Waals surface area contributed by atoms with Gasteiger partial charge in [-0.25, -0.2) is 13.6 Å². The summed E-state index contributed by atoms with van der Waals surface area (Å²) in [5, 5.41) is 0. The number of carbonyl (C=O) groups excluding carboxylic acids is 1. The summed E-state index contributed by atoms with van der Waals surface area (Å²) >= 11 is 0. The Bertz CT molecular complexity index is 372. The van der Waals surface area contributed by atoms with Gasteiger partial charge in [-0.1, -0.05) is 30.3 Å². The molecule has 0 radical (unpaired) electrons. The van der Waals surface area contributed by atoms with Gasteiger partial charge in [-0.15, -0.1) is 0 Å². The zero-order valence-corrected chi connectivity index (χ0v) is 8.82. The van der Waals surface area contributed by atoms with E-state index < -0.39 is 12.4 Å². The summed E-state index contributed by atoms with van der Waals surface area (Å²) in [4.78, 5) is 11.5. The second-order valence-electron chi connectivity index (χ2n) is 3.00. The van der Waals surface area contributed by atoms with Crippen molar-refractivity contribution in [3.63, 3.8) is 0 Å². The van der Waals surface area contributed by atoms with E-state index in [4.69, 9.17) is 4.74 Å². The molecule has 0 saturated heterocycles. The van der Waals surface area contributed by atoms with Gasteiger partial charge in [0, 0.05) is 0 Å². The fourth-order valence-electron chi connectivity index (χ4n) is 1.23. The summed E-state index contributed by atoms with van der Waals surface area (Å²) in [5.74, 6) is -0.728. The number of carbonyl (C=O) groups is 1. The highest BCUT2D eigenvalue weighted by Gasteiger charge is 2.15. The molecule has 2 nitrogen and oxygen atoms in total. The van der Waals surface area contributed by atoms with Crippen molar-refractivity contribution in [1.29, 1.82) is 0 Å². The molecule has 0 aliphatic rings. The summed E-state index contributed by atoms with van der Waals surface area (Å²) in [7, 11) is 0. The maximum Gasteiger partial charge on any atom is 0.338 e. The summed E-state index contributed by atoms with van der Waals surface area (Å²) in [5.41, 5.74) is 0.332. The number of hydrogen-bond acceptors (Lipinski definition) is 2. The second kappa shape index (κ2) is 6.00. The monoisotopic (exact) mass is 226 g/mol. The van der Waals surface area contributed by atoms with Crippen LogP contribution in [0, 0.1) is 0 Å². The van der Waals surface area contributed by atoms with E-state index >= 15 is 0 Å². The molecule has 0 fully saturated rings. The number of hydrogen-bond donors (Lipinski definition) is 0. The molecule has 1 aromatic rings. The van der Waals surface area contributed by atoms with Gasteiger partial charge in [0.25, 0.3) is 6.43 Å². The SMILES string of the molecule is CCOC(=O)C(=CC(F)F)c1ccccc1. The number of halogens is 2. The Morgan fingerprint density at radius 1 is 1.38 bits per heavy atom. The van der Waals surface area contributed by atoms with Crippen molar-refractivity contribution in [2.24, 2.45) is 0 Å². The molecule has 0 aromatic heterocycles. The molecule has 0 aliphatic heterocycles. The van der Waals surface area contributed by atoms with Crippen LogP contribution in [0.4, 0.5) is 8.78 Å². The van der Waals surface area contributed by atoms with Crippen molar-refractivity contribution in [3.05, 3.63) is 42.0 Å². The minimum atomic E-state index is -2.68. The first-order chi connectivity index (χ1) is 7.65. The van der Waals surface area contributed by atoms with Crippen molar-refractivity contribution in [2.45, 2.75) is 13.3 Å². The molecule has 0 N–H and O–H groups in total. The van der Waals surface area contributed by atoms with E-state index in [1.807, 2.05) is 0 Å².